The highest BCUT2D eigenvalue weighted by atomic mass is 16.5. The summed E-state index contributed by atoms with van der Waals surface area (Å²) in [4.78, 5) is 17.6. The van der Waals surface area contributed by atoms with Crippen LogP contribution in [0.5, 0.6) is 11.5 Å². The molecule has 0 aliphatic carbocycles. The van der Waals surface area contributed by atoms with Crippen LogP contribution in [0.4, 0.5) is 0 Å². The lowest BCUT2D eigenvalue weighted by Gasteiger charge is -2.24. The first kappa shape index (κ1) is 24.6. The number of carbonyl (C=O) groups is 1. The fraction of sp³-hybridized carbons (Fsp3) is 0.500. The lowest BCUT2D eigenvalue weighted by molar-refractivity contribution is -0.122. The third-order valence-electron chi connectivity index (χ3n) is 5.80. The third-order valence-corrected chi connectivity index (χ3v) is 5.80. The van der Waals surface area contributed by atoms with Gasteiger partial charge in [0.05, 0.1) is 24.9 Å². The number of amides is 1. The van der Waals surface area contributed by atoms with Gasteiger partial charge in [-0.15, -0.1) is 0 Å². The van der Waals surface area contributed by atoms with E-state index in [1.54, 1.807) is 0 Å². The number of carbonyl (C=O) groups excluding carboxylic acids is 1. The summed E-state index contributed by atoms with van der Waals surface area (Å²) in [5.74, 6) is 1.66. The largest absolute Gasteiger partial charge is 0.490 e. The van der Waals surface area contributed by atoms with E-state index in [0.717, 1.165) is 39.6 Å². The van der Waals surface area contributed by atoms with Gasteiger partial charge in [-0.2, -0.15) is 5.10 Å². The van der Waals surface area contributed by atoms with Crippen LogP contribution in [0.25, 0.3) is 5.65 Å². The standard InChI is InChI=1S/C26H36N4O3/c1-8-32-22-12-10-20(15-23(22)33-9-2)26(16(3)4)28-25(31)13-11-21-18(6)27-24-14-17(5)29-30(24)19(21)7/h10,12,14-16,26H,8-9,11,13H2,1-7H3,(H,28,31). The molecule has 3 aromatic rings. The molecule has 7 nitrogen and oxygen atoms in total. The first-order chi connectivity index (χ1) is 15.7. The van der Waals surface area contributed by atoms with Gasteiger partial charge in [-0.05, 0) is 70.2 Å². The van der Waals surface area contributed by atoms with Crippen LogP contribution in [0.15, 0.2) is 24.3 Å². The quantitative estimate of drug-likeness (QED) is 0.473. The number of rotatable bonds is 10. The van der Waals surface area contributed by atoms with Crippen molar-refractivity contribution in [2.75, 3.05) is 13.2 Å². The topological polar surface area (TPSA) is 77.8 Å². The first-order valence-electron chi connectivity index (χ1n) is 11.8. The zero-order chi connectivity index (χ0) is 24.1. The molecule has 2 aromatic heterocycles. The van der Waals surface area contributed by atoms with E-state index in [1.807, 2.05) is 63.4 Å². The van der Waals surface area contributed by atoms with Gasteiger partial charge in [-0.3, -0.25) is 4.79 Å². The Morgan fingerprint density at radius 1 is 1.06 bits per heavy atom. The van der Waals surface area contributed by atoms with Crippen molar-refractivity contribution < 1.29 is 14.3 Å². The van der Waals surface area contributed by atoms with E-state index < -0.39 is 0 Å². The molecular formula is C26H36N4O3. The molecule has 1 N–H and O–H groups in total. The van der Waals surface area contributed by atoms with Gasteiger partial charge in [-0.25, -0.2) is 9.50 Å². The molecule has 0 fully saturated rings. The predicted octanol–water partition coefficient (Wildman–Crippen LogP) is 4.90. The average Bonchev–Trinajstić information content (AvgIpc) is 3.13. The van der Waals surface area contributed by atoms with E-state index in [0.29, 0.717) is 31.8 Å². The Morgan fingerprint density at radius 3 is 2.42 bits per heavy atom. The summed E-state index contributed by atoms with van der Waals surface area (Å²) in [5.41, 5.74) is 5.83. The lowest BCUT2D eigenvalue weighted by atomic mass is 9.95. The second kappa shape index (κ2) is 10.7. The van der Waals surface area contributed by atoms with E-state index in [4.69, 9.17) is 9.47 Å². The van der Waals surface area contributed by atoms with Crippen molar-refractivity contribution >= 4 is 11.6 Å². The summed E-state index contributed by atoms with van der Waals surface area (Å²) in [6, 6.07) is 7.75. The molecule has 0 aliphatic rings. The number of hydrogen-bond donors (Lipinski definition) is 1. The summed E-state index contributed by atoms with van der Waals surface area (Å²) in [6.45, 7) is 15.2. The van der Waals surface area contributed by atoms with Gasteiger partial charge in [0, 0.05) is 23.9 Å². The molecule has 7 heteroatoms. The van der Waals surface area contributed by atoms with Crippen LogP contribution in [0.1, 0.15) is 68.4 Å². The van der Waals surface area contributed by atoms with E-state index in [1.165, 1.54) is 0 Å². The minimum Gasteiger partial charge on any atom is -0.490 e. The Balaban J connectivity index is 1.75. The van der Waals surface area contributed by atoms with Gasteiger partial charge in [0.2, 0.25) is 5.91 Å². The Labute approximate surface area is 196 Å². The van der Waals surface area contributed by atoms with Gasteiger partial charge >= 0.3 is 0 Å². The number of ether oxygens (including phenoxy) is 2. The highest BCUT2D eigenvalue weighted by Crippen LogP contribution is 2.33. The predicted molar refractivity (Wildman–Crippen MR) is 130 cm³/mol. The second-order valence-electron chi connectivity index (χ2n) is 8.68. The number of benzene rings is 1. The van der Waals surface area contributed by atoms with Gasteiger partial charge in [0.1, 0.15) is 0 Å². The molecule has 0 radical (unpaired) electrons. The van der Waals surface area contributed by atoms with Crippen LogP contribution >= 0.6 is 0 Å². The van der Waals surface area contributed by atoms with Crippen LogP contribution in [-0.2, 0) is 11.2 Å². The van der Waals surface area contributed by atoms with Crippen LogP contribution in [0.3, 0.4) is 0 Å². The second-order valence-corrected chi connectivity index (χ2v) is 8.68. The van der Waals surface area contributed by atoms with Crippen LogP contribution in [0.2, 0.25) is 0 Å². The number of fused-ring (bicyclic) bond motifs is 1. The molecule has 0 spiro atoms. The van der Waals surface area contributed by atoms with Crippen molar-refractivity contribution in [2.45, 2.75) is 67.3 Å². The molecule has 0 saturated carbocycles. The Bertz CT molecular complexity index is 1120. The fourth-order valence-corrected chi connectivity index (χ4v) is 4.18. The van der Waals surface area contributed by atoms with Crippen LogP contribution < -0.4 is 14.8 Å². The summed E-state index contributed by atoms with van der Waals surface area (Å²) in [7, 11) is 0. The minimum atomic E-state index is -0.121. The molecular weight excluding hydrogens is 416 g/mol. The zero-order valence-electron chi connectivity index (χ0n) is 20.9. The van der Waals surface area contributed by atoms with Crippen molar-refractivity contribution in [3.8, 4) is 11.5 Å². The Morgan fingerprint density at radius 2 is 1.76 bits per heavy atom. The van der Waals surface area contributed by atoms with Crippen molar-refractivity contribution in [3.63, 3.8) is 0 Å². The highest BCUT2D eigenvalue weighted by molar-refractivity contribution is 5.77. The van der Waals surface area contributed by atoms with E-state index in [2.05, 4.69) is 29.2 Å². The van der Waals surface area contributed by atoms with Gasteiger partial charge in [0.15, 0.2) is 17.1 Å². The molecule has 0 aliphatic heterocycles. The minimum absolute atomic E-state index is 0.0103. The van der Waals surface area contributed by atoms with E-state index in [-0.39, 0.29) is 17.9 Å². The molecule has 33 heavy (non-hydrogen) atoms. The molecule has 1 unspecified atom stereocenters. The van der Waals surface area contributed by atoms with Gasteiger partial charge in [0.25, 0.3) is 0 Å². The number of aromatic nitrogens is 3. The van der Waals surface area contributed by atoms with Crippen LogP contribution in [0, 0.1) is 26.7 Å². The van der Waals surface area contributed by atoms with E-state index in [9.17, 15) is 4.79 Å². The lowest BCUT2D eigenvalue weighted by Crippen LogP contribution is -2.32. The van der Waals surface area contributed by atoms with E-state index >= 15 is 0 Å². The number of nitrogens with zero attached hydrogens (tertiary/aromatic N) is 3. The average molecular weight is 453 g/mol. The molecule has 1 amide bonds. The summed E-state index contributed by atoms with van der Waals surface area (Å²) in [6.07, 6.45) is 0.997. The fourth-order valence-electron chi connectivity index (χ4n) is 4.18. The van der Waals surface area contributed by atoms with Crippen molar-refractivity contribution in [2.24, 2.45) is 5.92 Å². The molecule has 3 rings (SSSR count). The van der Waals surface area contributed by atoms with Crippen molar-refractivity contribution in [3.05, 3.63) is 52.5 Å². The normalized spacial score (nSPS) is 12.2. The third kappa shape index (κ3) is 5.64. The summed E-state index contributed by atoms with van der Waals surface area (Å²) >= 11 is 0. The van der Waals surface area contributed by atoms with Crippen molar-refractivity contribution in [1.29, 1.82) is 0 Å². The Hall–Kier alpha value is -3.09. The number of aryl methyl sites for hydroxylation is 3. The molecule has 0 saturated heterocycles. The SMILES string of the molecule is CCOc1ccc(C(NC(=O)CCc2c(C)nc3cc(C)nn3c2C)C(C)C)cc1OCC. The monoisotopic (exact) mass is 452 g/mol. The number of hydrogen-bond acceptors (Lipinski definition) is 5. The van der Waals surface area contributed by atoms with Crippen molar-refractivity contribution in [1.82, 2.24) is 19.9 Å². The summed E-state index contributed by atoms with van der Waals surface area (Å²) in [5, 5.41) is 7.75. The molecule has 0 bridgehead atoms. The molecule has 1 atom stereocenters. The number of nitrogens with one attached hydrogen (secondary N) is 1. The maximum atomic E-state index is 13.0. The smallest absolute Gasteiger partial charge is 0.220 e. The highest BCUT2D eigenvalue weighted by Gasteiger charge is 2.21. The maximum Gasteiger partial charge on any atom is 0.220 e. The van der Waals surface area contributed by atoms with Gasteiger partial charge in [-0.1, -0.05) is 19.9 Å². The zero-order valence-corrected chi connectivity index (χ0v) is 20.9. The molecule has 2 heterocycles. The first-order valence-corrected chi connectivity index (χ1v) is 11.8. The Kier molecular flexibility index (Phi) is 7.95. The summed E-state index contributed by atoms with van der Waals surface area (Å²) < 4.78 is 13.3. The molecule has 1 aromatic carbocycles. The van der Waals surface area contributed by atoms with Gasteiger partial charge < -0.3 is 14.8 Å². The van der Waals surface area contributed by atoms with Crippen LogP contribution in [-0.4, -0.2) is 33.7 Å². The maximum absolute atomic E-state index is 13.0. The molecule has 178 valence electrons.